The summed E-state index contributed by atoms with van der Waals surface area (Å²) >= 11 is 5.75. The standard InChI is InChI=1S/C14H13ClN2O3/c1-19-11-4-3-10(8-12(11)20-2)17-14(18)9-5-6-16-13(15)7-9/h3-8H,1-2H3,(H,17,18). The van der Waals surface area contributed by atoms with Gasteiger partial charge in [-0.2, -0.15) is 0 Å². The van der Waals surface area contributed by atoms with Crippen LogP contribution in [0.15, 0.2) is 36.5 Å². The lowest BCUT2D eigenvalue weighted by atomic mass is 10.2. The van der Waals surface area contributed by atoms with Crippen molar-refractivity contribution < 1.29 is 14.3 Å². The summed E-state index contributed by atoms with van der Waals surface area (Å²) in [7, 11) is 3.08. The second-order valence-electron chi connectivity index (χ2n) is 3.89. The highest BCUT2D eigenvalue weighted by molar-refractivity contribution is 6.29. The van der Waals surface area contributed by atoms with Gasteiger partial charge in [-0.15, -0.1) is 0 Å². The molecule has 0 atom stereocenters. The highest BCUT2D eigenvalue weighted by Gasteiger charge is 2.09. The molecule has 1 aromatic heterocycles. The van der Waals surface area contributed by atoms with Gasteiger partial charge in [0, 0.05) is 23.5 Å². The molecular formula is C14H13ClN2O3. The third kappa shape index (κ3) is 3.19. The molecule has 0 unspecified atom stereocenters. The van der Waals surface area contributed by atoms with Crippen LogP contribution in [0.3, 0.4) is 0 Å². The number of anilines is 1. The Morgan fingerprint density at radius 1 is 1.15 bits per heavy atom. The van der Waals surface area contributed by atoms with Crippen LogP contribution in [0.25, 0.3) is 0 Å². The first kappa shape index (κ1) is 14.1. The van der Waals surface area contributed by atoms with Crippen LogP contribution in [0.4, 0.5) is 5.69 Å². The Bertz CT molecular complexity index is 632. The number of carbonyl (C=O) groups excluding carboxylic acids is 1. The zero-order valence-electron chi connectivity index (χ0n) is 11.0. The monoisotopic (exact) mass is 292 g/mol. The number of nitrogens with one attached hydrogen (secondary N) is 1. The maximum Gasteiger partial charge on any atom is 0.255 e. The molecule has 20 heavy (non-hydrogen) atoms. The smallest absolute Gasteiger partial charge is 0.255 e. The van der Waals surface area contributed by atoms with Gasteiger partial charge in [0.2, 0.25) is 0 Å². The second-order valence-corrected chi connectivity index (χ2v) is 4.28. The van der Waals surface area contributed by atoms with Gasteiger partial charge in [-0.25, -0.2) is 4.98 Å². The summed E-state index contributed by atoms with van der Waals surface area (Å²) in [6.45, 7) is 0. The molecule has 5 nitrogen and oxygen atoms in total. The van der Waals surface area contributed by atoms with E-state index in [0.29, 0.717) is 22.7 Å². The maximum absolute atomic E-state index is 12.1. The first-order valence-corrected chi connectivity index (χ1v) is 6.17. The van der Waals surface area contributed by atoms with Crippen LogP contribution in [-0.2, 0) is 0 Å². The van der Waals surface area contributed by atoms with Crippen LogP contribution in [0.1, 0.15) is 10.4 Å². The van der Waals surface area contributed by atoms with Gasteiger partial charge >= 0.3 is 0 Å². The number of halogens is 1. The van der Waals surface area contributed by atoms with E-state index in [1.54, 1.807) is 31.4 Å². The highest BCUT2D eigenvalue weighted by atomic mass is 35.5. The van der Waals surface area contributed by atoms with Gasteiger partial charge in [0.25, 0.3) is 5.91 Å². The van der Waals surface area contributed by atoms with E-state index >= 15 is 0 Å². The lowest BCUT2D eigenvalue weighted by Gasteiger charge is -2.10. The van der Waals surface area contributed by atoms with Crippen LogP contribution < -0.4 is 14.8 Å². The van der Waals surface area contributed by atoms with E-state index in [9.17, 15) is 4.79 Å². The number of hydrogen-bond acceptors (Lipinski definition) is 4. The number of ether oxygens (including phenoxy) is 2. The zero-order valence-corrected chi connectivity index (χ0v) is 11.8. The molecule has 1 amide bonds. The van der Waals surface area contributed by atoms with Crippen LogP contribution in [0.2, 0.25) is 5.15 Å². The minimum absolute atomic E-state index is 0.268. The Balaban J connectivity index is 2.19. The fraction of sp³-hybridized carbons (Fsp3) is 0.143. The average Bonchev–Trinajstić information content (AvgIpc) is 2.47. The molecule has 0 radical (unpaired) electrons. The summed E-state index contributed by atoms with van der Waals surface area (Å²) in [4.78, 5) is 15.9. The number of methoxy groups -OCH3 is 2. The number of aromatic nitrogens is 1. The number of pyridine rings is 1. The number of nitrogens with zero attached hydrogens (tertiary/aromatic N) is 1. The van der Waals surface area contributed by atoms with E-state index in [1.807, 2.05) is 0 Å². The van der Waals surface area contributed by atoms with Crippen LogP contribution >= 0.6 is 11.6 Å². The molecule has 1 N–H and O–H groups in total. The number of amides is 1. The van der Waals surface area contributed by atoms with E-state index in [-0.39, 0.29) is 11.1 Å². The van der Waals surface area contributed by atoms with Crippen LogP contribution in [0, 0.1) is 0 Å². The Kier molecular flexibility index (Phi) is 4.42. The highest BCUT2D eigenvalue weighted by Crippen LogP contribution is 2.29. The minimum atomic E-state index is -0.276. The van der Waals surface area contributed by atoms with Crippen molar-refractivity contribution >= 4 is 23.2 Å². The van der Waals surface area contributed by atoms with Gasteiger partial charge in [-0.05, 0) is 24.3 Å². The van der Waals surface area contributed by atoms with Crippen molar-refractivity contribution in [2.24, 2.45) is 0 Å². The average molecular weight is 293 g/mol. The summed E-state index contributed by atoms with van der Waals surface area (Å²) in [5, 5.41) is 3.02. The Labute approximate surface area is 121 Å². The molecule has 0 aliphatic carbocycles. The van der Waals surface area contributed by atoms with E-state index < -0.39 is 0 Å². The van der Waals surface area contributed by atoms with Crippen LogP contribution in [0.5, 0.6) is 11.5 Å². The van der Waals surface area contributed by atoms with E-state index in [4.69, 9.17) is 21.1 Å². The second kappa shape index (κ2) is 6.25. The molecule has 2 aromatic rings. The summed E-state index contributed by atoms with van der Waals surface area (Å²) in [5.74, 6) is 0.858. The van der Waals surface area contributed by atoms with Gasteiger partial charge in [0.1, 0.15) is 5.15 Å². The number of rotatable bonds is 4. The SMILES string of the molecule is COc1ccc(NC(=O)c2ccnc(Cl)c2)cc1OC. The van der Waals surface area contributed by atoms with Crippen molar-refractivity contribution in [3.8, 4) is 11.5 Å². The Morgan fingerprint density at radius 2 is 1.90 bits per heavy atom. The summed E-state index contributed by atoms with van der Waals surface area (Å²) < 4.78 is 10.3. The van der Waals surface area contributed by atoms with Crippen molar-refractivity contribution in [1.29, 1.82) is 0 Å². The molecule has 0 bridgehead atoms. The molecule has 6 heteroatoms. The molecule has 1 aromatic carbocycles. The summed E-state index contributed by atoms with van der Waals surface area (Å²) in [6, 6.07) is 8.20. The third-order valence-electron chi connectivity index (χ3n) is 2.63. The van der Waals surface area contributed by atoms with Crippen LogP contribution in [-0.4, -0.2) is 25.1 Å². The molecule has 0 aliphatic heterocycles. The molecule has 1 heterocycles. The normalized spacial score (nSPS) is 9.95. The predicted molar refractivity (Wildman–Crippen MR) is 76.7 cm³/mol. The molecule has 0 aliphatic rings. The van der Waals surface area contributed by atoms with Gasteiger partial charge in [0.05, 0.1) is 14.2 Å². The van der Waals surface area contributed by atoms with Crippen molar-refractivity contribution in [3.63, 3.8) is 0 Å². The van der Waals surface area contributed by atoms with E-state index in [1.165, 1.54) is 19.4 Å². The zero-order chi connectivity index (χ0) is 14.5. The molecule has 2 rings (SSSR count). The first-order valence-electron chi connectivity index (χ1n) is 5.79. The van der Waals surface area contributed by atoms with Crippen molar-refractivity contribution in [3.05, 3.63) is 47.2 Å². The Hall–Kier alpha value is -2.27. The van der Waals surface area contributed by atoms with Crippen molar-refractivity contribution in [1.82, 2.24) is 4.98 Å². The van der Waals surface area contributed by atoms with E-state index in [0.717, 1.165) is 0 Å². The van der Waals surface area contributed by atoms with Gasteiger partial charge in [-0.1, -0.05) is 11.6 Å². The molecule has 104 valence electrons. The van der Waals surface area contributed by atoms with Gasteiger partial charge in [0.15, 0.2) is 11.5 Å². The number of carbonyl (C=O) groups is 1. The molecule has 0 saturated heterocycles. The fourth-order valence-electron chi connectivity index (χ4n) is 1.66. The number of benzene rings is 1. The molecule has 0 fully saturated rings. The number of hydrogen-bond donors (Lipinski definition) is 1. The quantitative estimate of drug-likeness (QED) is 0.880. The summed E-state index contributed by atoms with van der Waals surface area (Å²) in [5.41, 5.74) is 1.03. The van der Waals surface area contributed by atoms with Gasteiger partial charge in [-0.3, -0.25) is 4.79 Å². The molecule has 0 saturated carbocycles. The largest absolute Gasteiger partial charge is 0.493 e. The van der Waals surface area contributed by atoms with E-state index in [2.05, 4.69) is 10.3 Å². The topological polar surface area (TPSA) is 60.5 Å². The summed E-state index contributed by atoms with van der Waals surface area (Å²) in [6.07, 6.45) is 1.48. The first-order chi connectivity index (χ1) is 9.63. The molecule has 0 spiro atoms. The fourth-order valence-corrected chi connectivity index (χ4v) is 1.83. The maximum atomic E-state index is 12.1. The minimum Gasteiger partial charge on any atom is -0.493 e. The van der Waals surface area contributed by atoms with Crippen molar-refractivity contribution in [2.45, 2.75) is 0 Å². The van der Waals surface area contributed by atoms with Crippen molar-refractivity contribution in [2.75, 3.05) is 19.5 Å². The lowest BCUT2D eigenvalue weighted by molar-refractivity contribution is 0.102. The predicted octanol–water partition coefficient (Wildman–Crippen LogP) is 3.00. The third-order valence-corrected chi connectivity index (χ3v) is 2.84. The lowest BCUT2D eigenvalue weighted by Crippen LogP contribution is -2.12. The Morgan fingerprint density at radius 3 is 2.55 bits per heavy atom. The van der Waals surface area contributed by atoms with Gasteiger partial charge < -0.3 is 14.8 Å². The molecular weight excluding hydrogens is 280 g/mol.